The van der Waals surface area contributed by atoms with Crippen LogP contribution in [0.15, 0.2) is 24.3 Å². The molecule has 0 aliphatic carbocycles. The lowest BCUT2D eigenvalue weighted by Crippen LogP contribution is -2.34. The second-order valence-corrected chi connectivity index (χ2v) is 3.64. The van der Waals surface area contributed by atoms with Crippen molar-refractivity contribution in [2.24, 2.45) is 0 Å². The van der Waals surface area contributed by atoms with E-state index < -0.39 is 5.97 Å². The lowest BCUT2D eigenvalue weighted by atomic mass is 10.2. The van der Waals surface area contributed by atoms with Crippen molar-refractivity contribution >= 4 is 17.7 Å². The number of urea groups is 1. The second-order valence-electron chi connectivity index (χ2n) is 3.64. The average Bonchev–Trinajstić information content (AvgIpc) is 2.16. The highest BCUT2D eigenvalue weighted by molar-refractivity contribution is 5.93. The number of carbonyl (C=O) groups excluding carboxylic acids is 1. The van der Waals surface area contributed by atoms with Gasteiger partial charge in [0, 0.05) is 11.7 Å². The molecule has 0 saturated carbocycles. The van der Waals surface area contributed by atoms with Gasteiger partial charge >= 0.3 is 12.0 Å². The molecule has 0 aromatic heterocycles. The van der Waals surface area contributed by atoms with E-state index in [4.69, 9.17) is 5.11 Å². The summed E-state index contributed by atoms with van der Waals surface area (Å²) < 4.78 is 0. The second kappa shape index (κ2) is 5.16. The van der Waals surface area contributed by atoms with Gasteiger partial charge in [-0.1, -0.05) is 6.07 Å². The summed E-state index contributed by atoms with van der Waals surface area (Å²) >= 11 is 0. The molecule has 0 aliphatic rings. The molecule has 0 radical (unpaired) electrons. The molecule has 3 N–H and O–H groups in total. The monoisotopic (exact) mass is 222 g/mol. The van der Waals surface area contributed by atoms with Crippen LogP contribution in [0.5, 0.6) is 0 Å². The Labute approximate surface area is 93.5 Å². The van der Waals surface area contributed by atoms with Gasteiger partial charge < -0.3 is 15.7 Å². The summed E-state index contributed by atoms with van der Waals surface area (Å²) in [6.45, 7) is 3.68. The molecule has 1 aromatic rings. The lowest BCUT2D eigenvalue weighted by Gasteiger charge is -2.10. The number of hydrogen-bond acceptors (Lipinski definition) is 2. The number of rotatable bonds is 3. The predicted octanol–water partition coefficient (Wildman–Crippen LogP) is 1.91. The molecule has 5 nitrogen and oxygen atoms in total. The van der Waals surface area contributed by atoms with E-state index in [1.165, 1.54) is 12.1 Å². The molecule has 0 spiro atoms. The Morgan fingerprint density at radius 2 is 2.00 bits per heavy atom. The van der Waals surface area contributed by atoms with E-state index in [2.05, 4.69) is 10.6 Å². The van der Waals surface area contributed by atoms with Crippen molar-refractivity contribution < 1.29 is 14.7 Å². The quantitative estimate of drug-likeness (QED) is 0.731. The Hall–Kier alpha value is -2.04. The summed E-state index contributed by atoms with van der Waals surface area (Å²) in [6.07, 6.45) is 0. The van der Waals surface area contributed by atoms with Gasteiger partial charge in [0.1, 0.15) is 0 Å². The smallest absolute Gasteiger partial charge is 0.335 e. The van der Waals surface area contributed by atoms with Crippen LogP contribution in [0.1, 0.15) is 24.2 Å². The van der Waals surface area contributed by atoms with Crippen LogP contribution in [0.25, 0.3) is 0 Å². The number of aromatic carboxylic acids is 1. The minimum absolute atomic E-state index is 0.0302. The highest BCUT2D eigenvalue weighted by Gasteiger charge is 2.06. The summed E-state index contributed by atoms with van der Waals surface area (Å²) in [5.74, 6) is -1.02. The Balaban J connectivity index is 2.70. The van der Waals surface area contributed by atoms with Crippen molar-refractivity contribution in [1.29, 1.82) is 0 Å². The zero-order chi connectivity index (χ0) is 12.1. The molecule has 0 saturated heterocycles. The van der Waals surface area contributed by atoms with E-state index in [1.54, 1.807) is 12.1 Å². The summed E-state index contributed by atoms with van der Waals surface area (Å²) in [4.78, 5) is 22.0. The van der Waals surface area contributed by atoms with Gasteiger partial charge in [0.15, 0.2) is 0 Å². The molecule has 1 rings (SSSR count). The van der Waals surface area contributed by atoms with E-state index in [0.29, 0.717) is 5.69 Å². The molecule has 0 aliphatic heterocycles. The van der Waals surface area contributed by atoms with Gasteiger partial charge in [-0.05, 0) is 32.0 Å². The minimum atomic E-state index is -1.02. The zero-order valence-electron chi connectivity index (χ0n) is 9.15. The maximum absolute atomic E-state index is 11.3. The number of carbonyl (C=O) groups is 2. The molecule has 0 fully saturated rings. The number of hydrogen-bond donors (Lipinski definition) is 3. The fourth-order valence-corrected chi connectivity index (χ4v) is 1.16. The first-order valence-electron chi connectivity index (χ1n) is 4.90. The molecule has 16 heavy (non-hydrogen) atoms. The van der Waals surface area contributed by atoms with Crippen LogP contribution >= 0.6 is 0 Å². The van der Waals surface area contributed by atoms with Crippen molar-refractivity contribution in [3.63, 3.8) is 0 Å². The van der Waals surface area contributed by atoms with E-state index in [1.807, 2.05) is 13.8 Å². The molecular weight excluding hydrogens is 208 g/mol. The van der Waals surface area contributed by atoms with Gasteiger partial charge in [-0.15, -0.1) is 0 Å². The Bertz CT molecular complexity index is 402. The third-order valence-corrected chi connectivity index (χ3v) is 1.79. The molecular formula is C11H14N2O3. The molecule has 2 amide bonds. The maximum atomic E-state index is 11.3. The number of anilines is 1. The molecule has 1 aromatic carbocycles. The maximum Gasteiger partial charge on any atom is 0.335 e. The Kier molecular flexibility index (Phi) is 3.88. The highest BCUT2D eigenvalue weighted by atomic mass is 16.4. The molecule has 0 unspecified atom stereocenters. The Morgan fingerprint density at radius 3 is 2.56 bits per heavy atom. The van der Waals surface area contributed by atoms with Crippen molar-refractivity contribution in [2.75, 3.05) is 5.32 Å². The fourth-order valence-electron chi connectivity index (χ4n) is 1.16. The van der Waals surface area contributed by atoms with E-state index >= 15 is 0 Å². The first kappa shape index (κ1) is 12.0. The van der Waals surface area contributed by atoms with Gasteiger partial charge in [-0.2, -0.15) is 0 Å². The van der Waals surface area contributed by atoms with Crippen molar-refractivity contribution in [3.05, 3.63) is 29.8 Å². The fraction of sp³-hybridized carbons (Fsp3) is 0.273. The number of nitrogens with one attached hydrogen (secondary N) is 2. The molecule has 86 valence electrons. The van der Waals surface area contributed by atoms with Gasteiger partial charge in [-0.3, -0.25) is 0 Å². The van der Waals surface area contributed by atoms with Gasteiger partial charge in [0.2, 0.25) is 0 Å². The number of amides is 2. The summed E-state index contributed by atoms with van der Waals surface area (Å²) in [5.41, 5.74) is 0.598. The Morgan fingerprint density at radius 1 is 1.31 bits per heavy atom. The summed E-state index contributed by atoms with van der Waals surface area (Å²) in [6, 6.07) is 5.76. The van der Waals surface area contributed by atoms with Crippen molar-refractivity contribution in [1.82, 2.24) is 5.32 Å². The molecule has 5 heteroatoms. The van der Waals surface area contributed by atoms with Crippen LogP contribution in [0.3, 0.4) is 0 Å². The number of benzene rings is 1. The predicted molar refractivity (Wildman–Crippen MR) is 60.7 cm³/mol. The summed E-state index contributed by atoms with van der Waals surface area (Å²) in [5, 5.41) is 14.0. The van der Waals surface area contributed by atoms with Crippen LogP contribution in [-0.4, -0.2) is 23.1 Å². The summed E-state index contributed by atoms with van der Waals surface area (Å²) in [7, 11) is 0. The van der Waals surface area contributed by atoms with Crippen LogP contribution in [0.4, 0.5) is 10.5 Å². The number of carboxylic acid groups (broad SMARTS) is 1. The van der Waals surface area contributed by atoms with E-state index in [-0.39, 0.29) is 17.6 Å². The SMILES string of the molecule is CC(C)NC(=O)Nc1cccc(C(=O)O)c1. The van der Waals surface area contributed by atoms with E-state index in [0.717, 1.165) is 0 Å². The van der Waals surface area contributed by atoms with Gasteiger partial charge in [-0.25, -0.2) is 9.59 Å². The molecule has 0 bridgehead atoms. The van der Waals surface area contributed by atoms with Crippen LogP contribution in [-0.2, 0) is 0 Å². The molecule has 0 atom stereocenters. The van der Waals surface area contributed by atoms with Gasteiger partial charge in [0.05, 0.1) is 5.56 Å². The third-order valence-electron chi connectivity index (χ3n) is 1.79. The first-order valence-corrected chi connectivity index (χ1v) is 4.90. The topological polar surface area (TPSA) is 78.4 Å². The molecule has 0 heterocycles. The van der Waals surface area contributed by atoms with E-state index in [9.17, 15) is 9.59 Å². The minimum Gasteiger partial charge on any atom is -0.478 e. The highest BCUT2D eigenvalue weighted by Crippen LogP contribution is 2.10. The van der Waals surface area contributed by atoms with Crippen LogP contribution < -0.4 is 10.6 Å². The third kappa shape index (κ3) is 3.61. The lowest BCUT2D eigenvalue weighted by molar-refractivity contribution is 0.0697. The average molecular weight is 222 g/mol. The van der Waals surface area contributed by atoms with Crippen LogP contribution in [0, 0.1) is 0 Å². The largest absolute Gasteiger partial charge is 0.478 e. The normalized spacial score (nSPS) is 9.94. The number of carboxylic acids is 1. The first-order chi connectivity index (χ1) is 7.49. The standard InChI is InChI=1S/C11H14N2O3/c1-7(2)12-11(16)13-9-5-3-4-8(6-9)10(14)15/h3-7H,1-2H3,(H,14,15)(H2,12,13,16). The zero-order valence-corrected chi connectivity index (χ0v) is 9.15. The van der Waals surface area contributed by atoms with Crippen molar-refractivity contribution in [2.45, 2.75) is 19.9 Å². The van der Waals surface area contributed by atoms with Crippen molar-refractivity contribution in [3.8, 4) is 0 Å². The van der Waals surface area contributed by atoms with Gasteiger partial charge in [0.25, 0.3) is 0 Å². The van der Waals surface area contributed by atoms with Crippen LogP contribution in [0.2, 0.25) is 0 Å².